The third-order valence-electron chi connectivity index (χ3n) is 3.01. The third-order valence-corrected chi connectivity index (χ3v) is 4.76. The highest BCUT2D eigenvalue weighted by atomic mass is 35.5. The fourth-order valence-corrected chi connectivity index (χ4v) is 2.76. The van der Waals surface area contributed by atoms with Crippen molar-refractivity contribution in [1.29, 1.82) is 0 Å². The molecule has 0 aliphatic rings. The molecule has 0 bridgehead atoms. The Hall–Kier alpha value is -1.77. The molecule has 0 unspecified atom stereocenters. The summed E-state index contributed by atoms with van der Waals surface area (Å²) in [6, 6.07) is 5.49. The number of nitrogens with one attached hydrogen (secondary N) is 2. The number of anilines is 2. The van der Waals surface area contributed by atoms with E-state index >= 15 is 0 Å². The molecule has 1 heterocycles. The van der Waals surface area contributed by atoms with E-state index in [0.717, 1.165) is 0 Å². The van der Waals surface area contributed by atoms with Gasteiger partial charge >= 0.3 is 0 Å². The number of amides is 1. The van der Waals surface area contributed by atoms with Gasteiger partial charge in [0.25, 0.3) is 15.9 Å². The maximum absolute atomic E-state index is 12.3. The summed E-state index contributed by atoms with van der Waals surface area (Å²) in [6.07, 6.45) is 0. The summed E-state index contributed by atoms with van der Waals surface area (Å²) in [5.74, 6) is -0.540. The Labute approximate surface area is 143 Å². The van der Waals surface area contributed by atoms with Crippen molar-refractivity contribution in [2.24, 2.45) is 0 Å². The second-order valence-corrected chi connectivity index (χ2v) is 7.42. The van der Waals surface area contributed by atoms with Gasteiger partial charge in [0.1, 0.15) is 0 Å². The second-order valence-electron chi connectivity index (χ2n) is 4.64. The van der Waals surface area contributed by atoms with Crippen LogP contribution >= 0.6 is 23.2 Å². The van der Waals surface area contributed by atoms with Crippen molar-refractivity contribution in [2.75, 3.05) is 10.0 Å². The van der Waals surface area contributed by atoms with Crippen LogP contribution in [0.15, 0.2) is 33.7 Å². The van der Waals surface area contributed by atoms with Crippen LogP contribution in [0.1, 0.15) is 11.3 Å². The number of hydrogen-bond acceptors (Lipinski definition) is 5. The molecule has 0 spiro atoms. The molecule has 1 amide bonds. The number of carbonyl (C=O) groups is 1. The zero-order valence-corrected chi connectivity index (χ0v) is 14.5. The third kappa shape index (κ3) is 4.15. The van der Waals surface area contributed by atoms with E-state index in [0.29, 0.717) is 16.9 Å². The number of halogens is 2. The van der Waals surface area contributed by atoms with Crippen LogP contribution in [0.4, 0.5) is 11.6 Å². The summed E-state index contributed by atoms with van der Waals surface area (Å²) >= 11 is 10.8. The largest absolute Gasteiger partial charge is 0.337 e. The lowest BCUT2D eigenvalue weighted by molar-refractivity contribution is -0.114. The highest BCUT2D eigenvalue weighted by Gasteiger charge is 2.19. The number of aromatic nitrogens is 1. The van der Waals surface area contributed by atoms with Gasteiger partial charge in [-0.05, 0) is 38.1 Å². The van der Waals surface area contributed by atoms with Crippen molar-refractivity contribution in [3.8, 4) is 0 Å². The van der Waals surface area contributed by atoms with E-state index in [2.05, 4.69) is 15.2 Å². The Morgan fingerprint density at radius 2 is 1.83 bits per heavy atom. The fourth-order valence-electron chi connectivity index (χ4n) is 1.61. The first-order valence-electron chi connectivity index (χ1n) is 6.35. The van der Waals surface area contributed by atoms with Gasteiger partial charge in [-0.25, -0.2) is 13.1 Å². The second kappa shape index (κ2) is 6.77. The van der Waals surface area contributed by atoms with Gasteiger partial charge in [-0.15, -0.1) is 0 Å². The molecule has 0 fully saturated rings. The number of rotatable bonds is 5. The molecule has 0 aliphatic carbocycles. The molecule has 0 atom stereocenters. The monoisotopic (exact) mass is 377 g/mol. The molecular weight excluding hydrogens is 365 g/mol. The van der Waals surface area contributed by atoms with E-state index in [9.17, 15) is 13.2 Å². The van der Waals surface area contributed by atoms with Crippen LogP contribution in [0.25, 0.3) is 0 Å². The van der Waals surface area contributed by atoms with Gasteiger partial charge in [-0.3, -0.25) is 4.79 Å². The first-order valence-corrected chi connectivity index (χ1v) is 8.71. The topological polar surface area (TPSA) is 101 Å². The predicted octanol–water partition coefficient (Wildman–Crippen LogP) is 2.83. The molecule has 23 heavy (non-hydrogen) atoms. The highest BCUT2D eigenvalue weighted by molar-refractivity contribution is 7.92. The number of sulfonamides is 1. The first kappa shape index (κ1) is 17.6. The Kier molecular flexibility index (Phi) is 5.18. The van der Waals surface area contributed by atoms with E-state index in [1.54, 1.807) is 13.8 Å². The average Bonchev–Trinajstić information content (AvgIpc) is 2.79. The minimum atomic E-state index is -3.83. The summed E-state index contributed by atoms with van der Waals surface area (Å²) < 4.78 is 31.8. The lowest BCUT2D eigenvalue weighted by Gasteiger charge is -2.08. The van der Waals surface area contributed by atoms with Crippen LogP contribution in [-0.4, -0.2) is 24.3 Å². The normalized spacial score (nSPS) is 11.5. The Balaban J connectivity index is 2.17. The summed E-state index contributed by atoms with van der Waals surface area (Å²) in [7, 11) is -3.83. The molecular formula is C13H13Cl2N3O4S. The quantitative estimate of drug-likeness (QED) is 0.779. The average molecular weight is 378 g/mol. The zero-order chi connectivity index (χ0) is 17.2. The molecule has 7 nitrogen and oxygen atoms in total. The highest BCUT2D eigenvalue weighted by Crippen LogP contribution is 2.22. The van der Waals surface area contributed by atoms with E-state index in [-0.39, 0.29) is 10.8 Å². The summed E-state index contributed by atoms with van der Waals surface area (Å²) in [6.45, 7) is 3.40. The fraction of sp³-hybridized carbons (Fsp3) is 0.231. The van der Waals surface area contributed by atoms with Crippen molar-refractivity contribution < 1.29 is 17.7 Å². The Morgan fingerprint density at radius 3 is 2.30 bits per heavy atom. The Morgan fingerprint density at radius 1 is 1.22 bits per heavy atom. The van der Waals surface area contributed by atoms with Crippen molar-refractivity contribution in [1.82, 2.24) is 5.16 Å². The van der Waals surface area contributed by atoms with E-state index in [4.69, 9.17) is 27.7 Å². The Bertz CT molecular complexity index is 816. The standard InChI is InChI=1S/C13H13Cl2N3O4S/c1-7-8(2)17-22-13(7)18-23(20,21)10-5-3-9(4-6-10)16-12(19)11(14)15/h3-6,11,18H,1-2H3,(H,16,19). The van der Waals surface area contributed by atoms with Crippen LogP contribution in [0, 0.1) is 13.8 Å². The van der Waals surface area contributed by atoms with Gasteiger partial charge in [-0.1, -0.05) is 28.4 Å². The van der Waals surface area contributed by atoms with Gasteiger partial charge in [0.15, 0.2) is 4.84 Å². The lowest BCUT2D eigenvalue weighted by Crippen LogP contribution is -2.18. The molecule has 124 valence electrons. The minimum absolute atomic E-state index is 0.00255. The number of benzene rings is 1. The SMILES string of the molecule is Cc1noc(NS(=O)(=O)c2ccc(NC(=O)C(Cl)Cl)cc2)c1C. The molecule has 1 aromatic heterocycles. The number of alkyl halides is 2. The minimum Gasteiger partial charge on any atom is -0.337 e. The van der Waals surface area contributed by atoms with Gasteiger partial charge in [-0.2, -0.15) is 0 Å². The molecule has 0 radical (unpaired) electrons. The van der Waals surface area contributed by atoms with Gasteiger partial charge < -0.3 is 9.84 Å². The van der Waals surface area contributed by atoms with Gasteiger partial charge in [0, 0.05) is 11.3 Å². The van der Waals surface area contributed by atoms with Gasteiger partial charge in [0.2, 0.25) is 5.88 Å². The smallest absolute Gasteiger partial charge is 0.264 e. The maximum Gasteiger partial charge on any atom is 0.264 e. The molecule has 0 saturated heterocycles. The zero-order valence-electron chi connectivity index (χ0n) is 12.1. The molecule has 0 aliphatic heterocycles. The van der Waals surface area contributed by atoms with E-state index in [1.807, 2.05) is 0 Å². The number of nitrogens with zero attached hydrogens (tertiary/aromatic N) is 1. The van der Waals surface area contributed by atoms with Crippen molar-refractivity contribution in [2.45, 2.75) is 23.6 Å². The van der Waals surface area contributed by atoms with E-state index < -0.39 is 20.8 Å². The molecule has 2 N–H and O–H groups in total. The van der Waals surface area contributed by atoms with Crippen LogP contribution < -0.4 is 10.0 Å². The molecule has 10 heteroatoms. The van der Waals surface area contributed by atoms with Crippen molar-refractivity contribution in [3.05, 3.63) is 35.5 Å². The van der Waals surface area contributed by atoms with Gasteiger partial charge in [0.05, 0.1) is 10.6 Å². The maximum atomic E-state index is 12.3. The summed E-state index contributed by atoms with van der Waals surface area (Å²) in [5, 5.41) is 6.12. The predicted molar refractivity (Wildman–Crippen MR) is 87.4 cm³/mol. The molecule has 2 rings (SSSR count). The van der Waals surface area contributed by atoms with Crippen molar-refractivity contribution >= 4 is 50.7 Å². The van der Waals surface area contributed by atoms with Crippen LogP contribution in [0.5, 0.6) is 0 Å². The van der Waals surface area contributed by atoms with Crippen LogP contribution in [0.3, 0.4) is 0 Å². The first-order chi connectivity index (χ1) is 10.7. The number of aryl methyl sites for hydroxylation is 1. The van der Waals surface area contributed by atoms with Crippen LogP contribution in [0.2, 0.25) is 0 Å². The molecule has 2 aromatic rings. The summed E-state index contributed by atoms with van der Waals surface area (Å²) in [5.41, 5.74) is 1.57. The molecule has 0 saturated carbocycles. The van der Waals surface area contributed by atoms with Crippen molar-refractivity contribution in [3.63, 3.8) is 0 Å². The number of hydrogen-bond donors (Lipinski definition) is 2. The van der Waals surface area contributed by atoms with E-state index in [1.165, 1.54) is 24.3 Å². The summed E-state index contributed by atoms with van der Waals surface area (Å²) in [4.78, 5) is 10.1. The number of carbonyl (C=O) groups excluding carboxylic acids is 1. The van der Waals surface area contributed by atoms with Crippen LogP contribution in [-0.2, 0) is 14.8 Å². The lowest BCUT2D eigenvalue weighted by atomic mass is 10.3. The molecule has 1 aromatic carbocycles.